The molecule has 0 amide bonds. The highest BCUT2D eigenvalue weighted by atomic mass is 16.5. The van der Waals surface area contributed by atoms with Crippen molar-refractivity contribution in [3.8, 4) is 0 Å². The molecule has 3 rings (SSSR count). The Bertz CT molecular complexity index is 632. The van der Waals surface area contributed by atoms with Gasteiger partial charge in [0.2, 0.25) is 0 Å². The maximum absolute atomic E-state index is 12.0. The van der Waals surface area contributed by atoms with Crippen molar-refractivity contribution in [2.75, 3.05) is 45.9 Å². The molecule has 2 aliphatic rings. The third-order valence-electron chi connectivity index (χ3n) is 5.87. The lowest BCUT2D eigenvalue weighted by Gasteiger charge is -2.35. The molecule has 2 fully saturated rings. The molecule has 0 saturated carbocycles. The molecule has 7 nitrogen and oxygen atoms in total. The summed E-state index contributed by atoms with van der Waals surface area (Å²) >= 11 is 0. The summed E-state index contributed by atoms with van der Waals surface area (Å²) in [6.07, 6.45) is 7.17. The standard InChI is InChI=1S/C22H36N4O3/c1-3-23-22(26-14-10-18(11-15-26)21(27)28-4-2)24-17-19(20-9-8-16-29-20)25-12-6-5-7-13-25/h8-9,16,18-19H,3-7,10-15,17H2,1-2H3,(H,23,24). The molecule has 1 aromatic rings. The van der Waals surface area contributed by atoms with Gasteiger partial charge in [-0.15, -0.1) is 0 Å². The number of hydrogen-bond donors (Lipinski definition) is 1. The van der Waals surface area contributed by atoms with Gasteiger partial charge in [0.25, 0.3) is 0 Å². The van der Waals surface area contributed by atoms with Crippen molar-refractivity contribution < 1.29 is 13.9 Å². The van der Waals surface area contributed by atoms with Crippen LogP contribution in [0.15, 0.2) is 27.8 Å². The largest absolute Gasteiger partial charge is 0.468 e. The van der Waals surface area contributed by atoms with Crippen molar-refractivity contribution in [2.45, 2.75) is 52.0 Å². The van der Waals surface area contributed by atoms with Gasteiger partial charge in [-0.3, -0.25) is 14.7 Å². The highest BCUT2D eigenvalue weighted by molar-refractivity contribution is 5.80. The van der Waals surface area contributed by atoms with E-state index < -0.39 is 0 Å². The van der Waals surface area contributed by atoms with E-state index in [4.69, 9.17) is 14.1 Å². The zero-order valence-corrected chi connectivity index (χ0v) is 17.9. The summed E-state index contributed by atoms with van der Waals surface area (Å²) in [6, 6.07) is 4.20. The van der Waals surface area contributed by atoms with Crippen molar-refractivity contribution in [1.29, 1.82) is 0 Å². The lowest BCUT2D eigenvalue weighted by molar-refractivity contribution is -0.149. The van der Waals surface area contributed by atoms with Gasteiger partial charge < -0.3 is 19.4 Å². The Morgan fingerprint density at radius 3 is 2.62 bits per heavy atom. The first kappa shape index (κ1) is 21.7. The Balaban J connectivity index is 1.65. The van der Waals surface area contributed by atoms with E-state index in [2.05, 4.69) is 28.1 Å². The number of carbonyl (C=O) groups is 1. The first-order valence-electron chi connectivity index (χ1n) is 11.2. The second-order valence-electron chi connectivity index (χ2n) is 7.84. The van der Waals surface area contributed by atoms with Crippen LogP contribution in [0.5, 0.6) is 0 Å². The fourth-order valence-electron chi connectivity index (χ4n) is 4.28. The SMILES string of the molecule is CCNC(=NCC(c1ccco1)N1CCCCC1)N1CCC(C(=O)OCC)CC1. The number of piperidine rings is 2. The molecule has 1 aromatic heterocycles. The molecule has 0 spiro atoms. The minimum Gasteiger partial charge on any atom is -0.468 e. The summed E-state index contributed by atoms with van der Waals surface area (Å²) in [4.78, 5) is 21.8. The van der Waals surface area contributed by atoms with E-state index in [0.717, 1.165) is 57.3 Å². The average molecular weight is 405 g/mol. The number of likely N-dealkylation sites (tertiary alicyclic amines) is 2. The number of furan rings is 1. The van der Waals surface area contributed by atoms with Crippen molar-refractivity contribution in [2.24, 2.45) is 10.9 Å². The zero-order chi connectivity index (χ0) is 20.5. The molecule has 0 aromatic carbocycles. The van der Waals surface area contributed by atoms with Gasteiger partial charge in [-0.2, -0.15) is 0 Å². The molecule has 29 heavy (non-hydrogen) atoms. The monoisotopic (exact) mass is 404 g/mol. The Morgan fingerprint density at radius 2 is 2.00 bits per heavy atom. The van der Waals surface area contributed by atoms with Gasteiger partial charge in [-0.25, -0.2) is 0 Å². The Labute approximate surface area is 174 Å². The first-order chi connectivity index (χ1) is 14.2. The van der Waals surface area contributed by atoms with Crippen LogP contribution < -0.4 is 5.32 Å². The first-order valence-corrected chi connectivity index (χ1v) is 11.2. The smallest absolute Gasteiger partial charge is 0.309 e. The Hall–Kier alpha value is -2.02. The molecule has 1 unspecified atom stereocenters. The van der Waals surface area contributed by atoms with Crippen LogP contribution in [0.1, 0.15) is 57.8 Å². The number of ether oxygens (including phenoxy) is 1. The van der Waals surface area contributed by atoms with E-state index in [0.29, 0.717) is 13.2 Å². The van der Waals surface area contributed by atoms with Gasteiger partial charge in [0, 0.05) is 19.6 Å². The number of carbonyl (C=O) groups excluding carboxylic acids is 1. The third kappa shape index (κ3) is 5.98. The molecule has 0 radical (unpaired) electrons. The lowest BCUT2D eigenvalue weighted by Crippen LogP contribution is -2.47. The Kier molecular flexibility index (Phi) is 8.40. The minimum atomic E-state index is -0.0583. The van der Waals surface area contributed by atoms with E-state index in [1.807, 2.05) is 13.0 Å². The van der Waals surface area contributed by atoms with Crippen molar-refractivity contribution >= 4 is 11.9 Å². The maximum Gasteiger partial charge on any atom is 0.309 e. The Morgan fingerprint density at radius 1 is 1.24 bits per heavy atom. The molecule has 162 valence electrons. The summed E-state index contributed by atoms with van der Waals surface area (Å²) in [7, 11) is 0. The third-order valence-corrected chi connectivity index (χ3v) is 5.87. The van der Waals surface area contributed by atoms with E-state index in [-0.39, 0.29) is 17.9 Å². The predicted molar refractivity (Wildman–Crippen MR) is 114 cm³/mol. The maximum atomic E-state index is 12.0. The predicted octanol–water partition coefficient (Wildman–Crippen LogP) is 3.05. The molecule has 2 saturated heterocycles. The highest BCUT2D eigenvalue weighted by Gasteiger charge is 2.28. The number of guanidine groups is 1. The van der Waals surface area contributed by atoms with Gasteiger partial charge >= 0.3 is 5.97 Å². The molecule has 1 N–H and O–H groups in total. The van der Waals surface area contributed by atoms with Gasteiger partial charge in [0.1, 0.15) is 5.76 Å². The van der Waals surface area contributed by atoms with E-state index >= 15 is 0 Å². The van der Waals surface area contributed by atoms with Gasteiger partial charge in [0.05, 0.1) is 31.4 Å². The molecule has 3 heterocycles. The summed E-state index contributed by atoms with van der Waals surface area (Å²) in [5.74, 6) is 1.88. The average Bonchev–Trinajstić information content (AvgIpc) is 3.29. The summed E-state index contributed by atoms with van der Waals surface area (Å²) in [6.45, 7) is 9.75. The van der Waals surface area contributed by atoms with Crippen LogP contribution >= 0.6 is 0 Å². The molecule has 2 aliphatic heterocycles. The number of nitrogens with zero attached hydrogens (tertiary/aromatic N) is 3. The van der Waals surface area contributed by atoms with Crippen LogP contribution in [-0.2, 0) is 9.53 Å². The number of rotatable bonds is 7. The van der Waals surface area contributed by atoms with Crippen LogP contribution in [0.2, 0.25) is 0 Å². The van der Waals surface area contributed by atoms with Crippen LogP contribution in [0, 0.1) is 5.92 Å². The molecule has 7 heteroatoms. The summed E-state index contributed by atoms with van der Waals surface area (Å²) in [5, 5.41) is 3.44. The van der Waals surface area contributed by atoms with Crippen molar-refractivity contribution in [3.05, 3.63) is 24.2 Å². The highest BCUT2D eigenvalue weighted by Crippen LogP contribution is 2.26. The number of aliphatic imine (C=N–C) groups is 1. The fourth-order valence-corrected chi connectivity index (χ4v) is 4.28. The second kappa shape index (κ2) is 11.2. The normalized spacial score (nSPS) is 20.5. The van der Waals surface area contributed by atoms with Crippen molar-refractivity contribution in [3.63, 3.8) is 0 Å². The van der Waals surface area contributed by atoms with Gasteiger partial charge in [-0.1, -0.05) is 6.42 Å². The minimum absolute atomic E-state index is 0.0123. The molecule has 0 bridgehead atoms. The summed E-state index contributed by atoms with van der Waals surface area (Å²) < 4.78 is 10.9. The van der Waals surface area contributed by atoms with E-state index in [9.17, 15) is 4.79 Å². The molecule has 0 aliphatic carbocycles. The molecular formula is C22H36N4O3. The van der Waals surface area contributed by atoms with Crippen LogP contribution in [0.4, 0.5) is 0 Å². The number of hydrogen-bond acceptors (Lipinski definition) is 5. The lowest BCUT2D eigenvalue weighted by atomic mass is 9.97. The molecule has 1 atom stereocenters. The zero-order valence-electron chi connectivity index (χ0n) is 17.9. The molecular weight excluding hydrogens is 368 g/mol. The van der Waals surface area contributed by atoms with Gasteiger partial charge in [-0.05, 0) is 64.8 Å². The van der Waals surface area contributed by atoms with Crippen LogP contribution in [-0.4, -0.2) is 67.6 Å². The van der Waals surface area contributed by atoms with Gasteiger partial charge in [0.15, 0.2) is 5.96 Å². The number of esters is 1. The van der Waals surface area contributed by atoms with Crippen LogP contribution in [0.3, 0.4) is 0 Å². The van der Waals surface area contributed by atoms with E-state index in [1.54, 1.807) is 6.26 Å². The fraction of sp³-hybridized carbons (Fsp3) is 0.727. The summed E-state index contributed by atoms with van der Waals surface area (Å²) in [5.41, 5.74) is 0. The number of nitrogens with one attached hydrogen (secondary N) is 1. The van der Waals surface area contributed by atoms with Crippen LogP contribution in [0.25, 0.3) is 0 Å². The van der Waals surface area contributed by atoms with Crippen molar-refractivity contribution in [1.82, 2.24) is 15.1 Å². The second-order valence-corrected chi connectivity index (χ2v) is 7.84. The topological polar surface area (TPSA) is 70.3 Å². The van der Waals surface area contributed by atoms with E-state index in [1.165, 1.54) is 19.3 Å². The quantitative estimate of drug-likeness (QED) is 0.428.